The number of aryl methyl sites for hydroxylation is 2. The summed E-state index contributed by atoms with van der Waals surface area (Å²) >= 11 is 1.44. The maximum Gasteiger partial charge on any atom is 0.256 e. The molecule has 6 nitrogen and oxygen atoms in total. The van der Waals surface area contributed by atoms with E-state index in [0.717, 1.165) is 42.5 Å². The Labute approximate surface area is 128 Å². The van der Waals surface area contributed by atoms with E-state index in [0.29, 0.717) is 11.5 Å². The summed E-state index contributed by atoms with van der Waals surface area (Å²) in [6.07, 6.45) is 3.47. The van der Waals surface area contributed by atoms with E-state index in [-0.39, 0.29) is 5.91 Å². The highest BCUT2D eigenvalue weighted by Crippen LogP contribution is 2.20. The predicted octanol–water partition coefficient (Wildman–Crippen LogP) is 1.85. The molecule has 21 heavy (non-hydrogen) atoms. The lowest BCUT2D eigenvalue weighted by atomic mass is 10.1. The summed E-state index contributed by atoms with van der Waals surface area (Å²) in [5.41, 5.74) is 1.96. The number of hydrogen-bond donors (Lipinski definition) is 0. The van der Waals surface area contributed by atoms with Crippen molar-refractivity contribution < 1.29 is 4.79 Å². The predicted molar refractivity (Wildman–Crippen MR) is 81.4 cm³/mol. The van der Waals surface area contributed by atoms with E-state index in [1.54, 1.807) is 0 Å². The van der Waals surface area contributed by atoms with Crippen LogP contribution in [0.2, 0.25) is 0 Å². The van der Waals surface area contributed by atoms with Gasteiger partial charge in [-0.3, -0.25) is 9.20 Å². The fourth-order valence-corrected chi connectivity index (χ4v) is 3.54. The molecule has 7 heteroatoms. The van der Waals surface area contributed by atoms with Crippen molar-refractivity contribution in [1.82, 2.24) is 24.5 Å². The summed E-state index contributed by atoms with van der Waals surface area (Å²) in [4.78, 5) is 18.5. The average molecular weight is 305 g/mol. The highest BCUT2D eigenvalue weighted by Gasteiger charge is 2.18. The van der Waals surface area contributed by atoms with Gasteiger partial charge in [0.2, 0.25) is 5.91 Å². The van der Waals surface area contributed by atoms with E-state index in [9.17, 15) is 4.79 Å². The molecule has 0 spiro atoms. The van der Waals surface area contributed by atoms with Crippen LogP contribution in [0.3, 0.4) is 0 Å². The molecule has 3 rings (SSSR count). The van der Waals surface area contributed by atoms with Gasteiger partial charge in [0.25, 0.3) is 5.78 Å². The molecule has 0 radical (unpaired) electrons. The monoisotopic (exact) mass is 305 g/mol. The van der Waals surface area contributed by atoms with Gasteiger partial charge in [0, 0.05) is 24.5 Å². The summed E-state index contributed by atoms with van der Waals surface area (Å²) in [5, 5.41) is 8.98. The number of piperidine rings is 1. The number of aromatic nitrogens is 4. The van der Waals surface area contributed by atoms with Gasteiger partial charge in [-0.25, -0.2) is 4.98 Å². The van der Waals surface area contributed by atoms with Crippen LogP contribution in [-0.2, 0) is 4.79 Å². The smallest absolute Gasteiger partial charge is 0.256 e. The number of rotatable bonds is 3. The number of thioether (sulfide) groups is 1. The summed E-state index contributed by atoms with van der Waals surface area (Å²) in [6, 6.07) is 1.99. The minimum absolute atomic E-state index is 0.189. The Morgan fingerprint density at radius 1 is 1.24 bits per heavy atom. The van der Waals surface area contributed by atoms with Crippen LogP contribution in [0.1, 0.15) is 30.7 Å². The maximum absolute atomic E-state index is 12.2. The number of fused-ring (bicyclic) bond motifs is 1. The zero-order valence-electron chi connectivity index (χ0n) is 12.4. The van der Waals surface area contributed by atoms with Crippen molar-refractivity contribution in [3.8, 4) is 0 Å². The molecule has 3 heterocycles. The van der Waals surface area contributed by atoms with Crippen LogP contribution in [0.25, 0.3) is 5.78 Å². The minimum Gasteiger partial charge on any atom is -0.342 e. The van der Waals surface area contributed by atoms with E-state index in [1.165, 1.54) is 18.2 Å². The Morgan fingerprint density at radius 3 is 2.76 bits per heavy atom. The van der Waals surface area contributed by atoms with Crippen molar-refractivity contribution in [1.29, 1.82) is 0 Å². The quantitative estimate of drug-likeness (QED) is 0.810. The third kappa shape index (κ3) is 3.02. The Balaban J connectivity index is 1.72. The van der Waals surface area contributed by atoms with Crippen LogP contribution in [0, 0.1) is 13.8 Å². The highest BCUT2D eigenvalue weighted by molar-refractivity contribution is 7.99. The Kier molecular flexibility index (Phi) is 4.10. The molecule has 1 saturated heterocycles. The lowest BCUT2D eigenvalue weighted by Gasteiger charge is -2.26. The van der Waals surface area contributed by atoms with Gasteiger partial charge in [-0.1, -0.05) is 11.8 Å². The van der Waals surface area contributed by atoms with Gasteiger partial charge >= 0.3 is 0 Å². The molecule has 0 bridgehead atoms. The molecule has 0 aliphatic carbocycles. The molecule has 1 amide bonds. The van der Waals surface area contributed by atoms with E-state index < -0.39 is 0 Å². The molecule has 1 aliphatic rings. The lowest BCUT2D eigenvalue weighted by Crippen LogP contribution is -2.36. The van der Waals surface area contributed by atoms with Crippen LogP contribution in [-0.4, -0.2) is 49.2 Å². The van der Waals surface area contributed by atoms with Crippen molar-refractivity contribution in [2.24, 2.45) is 0 Å². The number of carbonyl (C=O) groups excluding carboxylic acids is 1. The molecule has 2 aromatic heterocycles. The topological polar surface area (TPSA) is 63.4 Å². The standard InChI is InChI=1S/C14H19N5OS/c1-10-8-11(2)19-13(15-10)16-17-14(19)21-9-12(20)18-6-4-3-5-7-18/h8H,3-7,9H2,1-2H3. The normalized spacial score (nSPS) is 15.6. The van der Waals surface area contributed by atoms with E-state index in [2.05, 4.69) is 15.2 Å². The second-order valence-corrected chi connectivity index (χ2v) is 6.33. The molecule has 2 aromatic rings. The second-order valence-electron chi connectivity index (χ2n) is 5.39. The van der Waals surface area contributed by atoms with Gasteiger partial charge < -0.3 is 4.90 Å². The average Bonchev–Trinajstić information content (AvgIpc) is 2.89. The minimum atomic E-state index is 0.189. The van der Waals surface area contributed by atoms with Gasteiger partial charge in [0.05, 0.1) is 5.75 Å². The van der Waals surface area contributed by atoms with Crippen LogP contribution < -0.4 is 0 Å². The van der Waals surface area contributed by atoms with Crippen molar-refractivity contribution in [2.75, 3.05) is 18.8 Å². The summed E-state index contributed by atoms with van der Waals surface area (Å²) in [6.45, 7) is 5.72. The van der Waals surface area contributed by atoms with E-state index >= 15 is 0 Å². The molecule has 1 fully saturated rings. The molecule has 0 aromatic carbocycles. The van der Waals surface area contributed by atoms with Crippen molar-refractivity contribution in [3.05, 3.63) is 17.5 Å². The fraction of sp³-hybridized carbons (Fsp3) is 0.571. The van der Waals surface area contributed by atoms with E-state index in [4.69, 9.17) is 0 Å². The zero-order chi connectivity index (χ0) is 14.8. The molecule has 0 saturated carbocycles. The van der Waals surface area contributed by atoms with Gasteiger partial charge in [-0.2, -0.15) is 0 Å². The number of nitrogens with zero attached hydrogens (tertiary/aromatic N) is 5. The molecule has 1 aliphatic heterocycles. The van der Waals surface area contributed by atoms with Crippen molar-refractivity contribution in [3.63, 3.8) is 0 Å². The summed E-state index contributed by atoms with van der Waals surface area (Å²) < 4.78 is 1.90. The SMILES string of the molecule is Cc1cc(C)n2c(SCC(=O)N3CCCCC3)nnc2n1. The molecule has 112 valence electrons. The molecule has 0 atom stereocenters. The number of hydrogen-bond acceptors (Lipinski definition) is 5. The first-order valence-electron chi connectivity index (χ1n) is 7.25. The third-order valence-electron chi connectivity index (χ3n) is 3.70. The van der Waals surface area contributed by atoms with Crippen molar-refractivity contribution >= 4 is 23.4 Å². The summed E-state index contributed by atoms with van der Waals surface area (Å²) in [5.74, 6) is 1.20. The maximum atomic E-state index is 12.2. The van der Waals surface area contributed by atoms with Gasteiger partial charge in [0.15, 0.2) is 5.16 Å². The number of carbonyl (C=O) groups is 1. The van der Waals surface area contributed by atoms with Crippen LogP contribution >= 0.6 is 11.8 Å². The molecule has 0 N–H and O–H groups in total. The molecular weight excluding hydrogens is 286 g/mol. The Hall–Kier alpha value is -1.63. The molecular formula is C14H19N5OS. The molecule has 0 unspecified atom stereocenters. The number of amides is 1. The largest absolute Gasteiger partial charge is 0.342 e. The van der Waals surface area contributed by atoms with Crippen LogP contribution in [0.4, 0.5) is 0 Å². The van der Waals surface area contributed by atoms with Crippen LogP contribution in [0.5, 0.6) is 0 Å². The number of likely N-dealkylation sites (tertiary alicyclic amines) is 1. The Morgan fingerprint density at radius 2 is 2.00 bits per heavy atom. The Bertz CT molecular complexity index is 663. The third-order valence-corrected chi connectivity index (χ3v) is 4.61. The first-order chi connectivity index (χ1) is 10.1. The van der Waals surface area contributed by atoms with Crippen LogP contribution in [0.15, 0.2) is 11.2 Å². The first kappa shape index (κ1) is 14.3. The van der Waals surface area contributed by atoms with E-state index in [1.807, 2.05) is 29.2 Å². The first-order valence-corrected chi connectivity index (χ1v) is 8.23. The highest BCUT2D eigenvalue weighted by atomic mass is 32.2. The van der Waals surface area contributed by atoms with Crippen molar-refractivity contribution in [2.45, 2.75) is 38.3 Å². The van der Waals surface area contributed by atoms with Gasteiger partial charge in [0.1, 0.15) is 0 Å². The lowest BCUT2D eigenvalue weighted by molar-refractivity contribution is -0.129. The fourth-order valence-electron chi connectivity index (χ4n) is 2.65. The summed E-state index contributed by atoms with van der Waals surface area (Å²) in [7, 11) is 0. The van der Waals surface area contributed by atoms with Gasteiger partial charge in [-0.05, 0) is 39.2 Å². The second kappa shape index (κ2) is 6.01. The zero-order valence-corrected chi connectivity index (χ0v) is 13.2. The van der Waals surface area contributed by atoms with Gasteiger partial charge in [-0.15, -0.1) is 10.2 Å².